The average Bonchev–Trinajstić information content (AvgIpc) is 2.51. The number of rotatable bonds is 15. The summed E-state index contributed by atoms with van der Waals surface area (Å²) in [6.45, 7) is 7.07. The minimum Gasteiger partial charge on any atom is -0.120 e. The SMILES string of the molecule is C#CCCCCC(CCCCCCCCCC)C(C)CC. The third-order valence-electron chi connectivity index (χ3n) is 5.02. The average molecular weight is 293 g/mol. The fraction of sp³-hybridized carbons (Fsp3) is 0.905. The highest BCUT2D eigenvalue weighted by Gasteiger charge is 2.14. The maximum absolute atomic E-state index is 5.34. The Morgan fingerprint density at radius 3 is 1.81 bits per heavy atom. The Balaban J connectivity index is 3.64. The summed E-state index contributed by atoms with van der Waals surface area (Å²) in [5, 5.41) is 0. The Labute approximate surface area is 135 Å². The standard InChI is InChI=1S/C21H40/c1-5-8-10-12-13-14-15-17-19-21(20(4)7-3)18-16-11-9-6-2/h2,20-21H,5,7-19H2,1,3-4H3. The minimum absolute atomic E-state index is 0.889. The van der Waals surface area contributed by atoms with Crippen molar-refractivity contribution in [2.24, 2.45) is 11.8 Å². The molecule has 0 spiro atoms. The third-order valence-corrected chi connectivity index (χ3v) is 5.02. The lowest BCUT2D eigenvalue weighted by atomic mass is 9.83. The highest BCUT2D eigenvalue weighted by atomic mass is 14.2. The second kappa shape index (κ2) is 15.9. The van der Waals surface area contributed by atoms with Gasteiger partial charge in [0.05, 0.1) is 0 Å². The first-order chi connectivity index (χ1) is 10.3. The van der Waals surface area contributed by atoms with E-state index in [2.05, 4.69) is 26.7 Å². The molecule has 124 valence electrons. The molecule has 0 amide bonds. The Morgan fingerprint density at radius 2 is 1.29 bits per heavy atom. The molecule has 0 aromatic carbocycles. The van der Waals surface area contributed by atoms with E-state index in [0.717, 1.165) is 18.3 Å². The molecule has 0 aromatic rings. The van der Waals surface area contributed by atoms with E-state index in [1.165, 1.54) is 83.5 Å². The summed E-state index contributed by atoms with van der Waals surface area (Å²) in [6.07, 6.45) is 24.5. The first kappa shape index (κ1) is 20.6. The fourth-order valence-corrected chi connectivity index (χ4v) is 3.22. The Kier molecular flexibility index (Phi) is 15.6. The lowest BCUT2D eigenvalue weighted by molar-refractivity contribution is 0.289. The van der Waals surface area contributed by atoms with Gasteiger partial charge in [-0.25, -0.2) is 0 Å². The summed E-state index contributed by atoms with van der Waals surface area (Å²) >= 11 is 0. The van der Waals surface area contributed by atoms with Crippen LogP contribution in [0.25, 0.3) is 0 Å². The summed E-state index contributed by atoms with van der Waals surface area (Å²) in [5.41, 5.74) is 0. The van der Waals surface area contributed by atoms with Crippen molar-refractivity contribution in [3.63, 3.8) is 0 Å². The molecule has 0 aromatic heterocycles. The van der Waals surface area contributed by atoms with Crippen LogP contribution >= 0.6 is 0 Å². The van der Waals surface area contributed by atoms with Gasteiger partial charge in [0.25, 0.3) is 0 Å². The molecular weight excluding hydrogens is 252 g/mol. The molecule has 21 heavy (non-hydrogen) atoms. The topological polar surface area (TPSA) is 0 Å². The highest BCUT2D eigenvalue weighted by molar-refractivity contribution is 4.83. The van der Waals surface area contributed by atoms with E-state index < -0.39 is 0 Å². The molecule has 0 rings (SSSR count). The van der Waals surface area contributed by atoms with Gasteiger partial charge in [-0.05, 0) is 18.3 Å². The molecule has 0 N–H and O–H groups in total. The van der Waals surface area contributed by atoms with E-state index in [1.54, 1.807) is 0 Å². The molecule has 0 bridgehead atoms. The van der Waals surface area contributed by atoms with Crippen LogP contribution < -0.4 is 0 Å². The molecule has 0 heterocycles. The van der Waals surface area contributed by atoms with Crippen LogP contribution in [0.3, 0.4) is 0 Å². The van der Waals surface area contributed by atoms with Crippen molar-refractivity contribution < 1.29 is 0 Å². The zero-order valence-electron chi connectivity index (χ0n) is 15.1. The van der Waals surface area contributed by atoms with Crippen molar-refractivity contribution in [1.82, 2.24) is 0 Å². The first-order valence-corrected chi connectivity index (χ1v) is 9.69. The predicted octanol–water partition coefficient (Wildman–Crippen LogP) is 7.37. The third kappa shape index (κ3) is 13.0. The van der Waals surface area contributed by atoms with Gasteiger partial charge in [-0.3, -0.25) is 0 Å². The lowest BCUT2D eigenvalue weighted by Crippen LogP contribution is -2.11. The molecule has 0 saturated heterocycles. The summed E-state index contributed by atoms with van der Waals surface area (Å²) in [5.74, 6) is 4.59. The van der Waals surface area contributed by atoms with Gasteiger partial charge >= 0.3 is 0 Å². The molecule has 0 fully saturated rings. The summed E-state index contributed by atoms with van der Waals surface area (Å²) in [4.78, 5) is 0. The number of terminal acetylenes is 1. The highest BCUT2D eigenvalue weighted by Crippen LogP contribution is 2.27. The van der Waals surface area contributed by atoms with Gasteiger partial charge in [-0.1, -0.05) is 97.8 Å². The van der Waals surface area contributed by atoms with Gasteiger partial charge in [-0.15, -0.1) is 12.3 Å². The number of hydrogen-bond donors (Lipinski definition) is 0. The molecular formula is C21H40. The molecule has 0 aliphatic heterocycles. The van der Waals surface area contributed by atoms with Gasteiger partial charge in [0, 0.05) is 6.42 Å². The molecule has 2 unspecified atom stereocenters. The molecule has 0 radical (unpaired) electrons. The Bertz CT molecular complexity index is 235. The van der Waals surface area contributed by atoms with Crippen LogP contribution in [0.2, 0.25) is 0 Å². The van der Waals surface area contributed by atoms with Crippen LogP contribution in [-0.2, 0) is 0 Å². The molecule has 0 aliphatic carbocycles. The normalized spacial score (nSPS) is 13.8. The van der Waals surface area contributed by atoms with Crippen molar-refractivity contribution in [3.05, 3.63) is 0 Å². The van der Waals surface area contributed by atoms with Crippen LogP contribution in [0.5, 0.6) is 0 Å². The number of unbranched alkanes of at least 4 members (excludes halogenated alkanes) is 9. The quantitative estimate of drug-likeness (QED) is 0.218. The lowest BCUT2D eigenvalue weighted by Gasteiger charge is -2.23. The van der Waals surface area contributed by atoms with Gasteiger partial charge in [0.1, 0.15) is 0 Å². The summed E-state index contributed by atoms with van der Waals surface area (Å²) < 4.78 is 0. The number of hydrogen-bond acceptors (Lipinski definition) is 0. The van der Waals surface area contributed by atoms with Gasteiger partial charge in [0.2, 0.25) is 0 Å². The molecule has 0 saturated carbocycles. The Hall–Kier alpha value is -0.440. The van der Waals surface area contributed by atoms with Crippen molar-refractivity contribution in [1.29, 1.82) is 0 Å². The smallest absolute Gasteiger partial charge is 0.00860 e. The Morgan fingerprint density at radius 1 is 0.762 bits per heavy atom. The van der Waals surface area contributed by atoms with Crippen LogP contribution in [0.15, 0.2) is 0 Å². The van der Waals surface area contributed by atoms with E-state index in [1.807, 2.05) is 0 Å². The van der Waals surface area contributed by atoms with Crippen molar-refractivity contribution in [2.75, 3.05) is 0 Å². The van der Waals surface area contributed by atoms with Crippen LogP contribution in [-0.4, -0.2) is 0 Å². The van der Waals surface area contributed by atoms with Crippen LogP contribution in [0, 0.1) is 24.2 Å². The molecule has 0 aliphatic rings. The van der Waals surface area contributed by atoms with E-state index in [0.29, 0.717) is 0 Å². The molecule has 0 heteroatoms. The maximum atomic E-state index is 5.34. The predicted molar refractivity (Wildman–Crippen MR) is 97.5 cm³/mol. The van der Waals surface area contributed by atoms with E-state index >= 15 is 0 Å². The van der Waals surface area contributed by atoms with Crippen molar-refractivity contribution in [3.8, 4) is 12.3 Å². The second-order valence-corrected chi connectivity index (χ2v) is 6.86. The zero-order valence-corrected chi connectivity index (χ0v) is 15.1. The van der Waals surface area contributed by atoms with E-state index in [4.69, 9.17) is 6.42 Å². The molecule has 2 atom stereocenters. The second-order valence-electron chi connectivity index (χ2n) is 6.86. The van der Waals surface area contributed by atoms with E-state index in [-0.39, 0.29) is 0 Å². The largest absolute Gasteiger partial charge is 0.120 e. The van der Waals surface area contributed by atoms with Gasteiger partial charge < -0.3 is 0 Å². The zero-order chi connectivity index (χ0) is 15.8. The van der Waals surface area contributed by atoms with Gasteiger partial charge in [0.15, 0.2) is 0 Å². The summed E-state index contributed by atoms with van der Waals surface area (Å²) in [6, 6.07) is 0. The van der Waals surface area contributed by atoms with E-state index in [9.17, 15) is 0 Å². The fourth-order valence-electron chi connectivity index (χ4n) is 3.22. The maximum Gasteiger partial charge on any atom is 0.00860 e. The summed E-state index contributed by atoms with van der Waals surface area (Å²) in [7, 11) is 0. The first-order valence-electron chi connectivity index (χ1n) is 9.69. The minimum atomic E-state index is 0.889. The molecule has 0 nitrogen and oxygen atoms in total. The van der Waals surface area contributed by atoms with Crippen molar-refractivity contribution >= 4 is 0 Å². The monoisotopic (exact) mass is 292 g/mol. The van der Waals surface area contributed by atoms with Crippen molar-refractivity contribution in [2.45, 2.75) is 111 Å². The van der Waals surface area contributed by atoms with Gasteiger partial charge in [-0.2, -0.15) is 0 Å². The van der Waals surface area contributed by atoms with Crippen LogP contribution in [0.1, 0.15) is 111 Å². The van der Waals surface area contributed by atoms with Crippen LogP contribution in [0.4, 0.5) is 0 Å².